The van der Waals surface area contributed by atoms with Crippen LogP contribution < -0.4 is 11.1 Å². The van der Waals surface area contributed by atoms with E-state index in [1.165, 1.54) is 12.0 Å². The maximum atomic E-state index is 5.70. The van der Waals surface area contributed by atoms with Gasteiger partial charge in [0.25, 0.3) is 0 Å². The Morgan fingerprint density at radius 3 is 3.00 bits per heavy atom. The number of aromatic nitrogens is 1. The normalized spacial score (nSPS) is 15.2. The summed E-state index contributed by atoms with van der Waals surface area (Å²) in [4.78, 5) is 4.10. The Hall–Kier alpha value is -1.39. The molecule has 0 aliphatic carbocycles. The Morgan fingerprint density at radius 1 is 1.50 bits per heavy atom. The van der Waals surface area contributed by atoms with Gasteiger partial charge < -0.3 is 15.5 Å². The zero-order chi connectivity index (χ0) is 11.5. The van der Waals surface area contributed by atoms with Crippen molar-refractivity contribution >= 4 is 11.1 Å². The molecule has 3 N–H and O–H groups in total. The van der Waals surface area contributed by atoms with Crippen molar-refractivity contribution in [1.82, 2.24) is 10.3 Å². The number of hydrogen-bond acceptors (Lipinski definition) is 4. The van der Waals surface area contributed by atoms with E-state index in [0.717, 1.165) is 11.1 Å². The molecule has 0 aliphatic heterocycles. The number of oxazole rings is 1. The van der Waals surface area contributed by atoms with Crippen LogP contribution in [0.25, 0.3) is 11.1 Å². The molecule has 2 rings (SSSR count). The predicted molar refractivity (Wildman–Crippen MR) is 64.0 cm³/mol. The molecule has 4 heteroatoms. The van der Waals surface area contributed by atoms with E-state index in [2.05, 4.69) is 23.3 Å². The van der Waals surface area contributed by atoms with Crippen LogP contribution in [0.5, 0.6) is 0 Å². The molecule has 0 fully saturated rings. The summed E-state index contributed by atoms with van der Waals surface area (Å²) < 4.78 is 5.30. The van der Waals surface area contributed by atoms with Gasteiger partial charge in [0.05, 0.1) is 0 Å². The predicted octanol–water partition coefficient (Wildman–Crippen LogP) is 1.68. The first-order valence-electron chi connectivity index (χ1n) is 5.46. The first-order chi connectivity index (χ1) is 7.76. The molecule has 86 valence electrons. The van der Waals surface area contributed by atoms with Crippen molar-refractivity contribution in [3.05, 3.63) is 30.2 Å². The van der Waals surface area contributed by atoms with Crippen molar-refractivity contribution in [3.63, 3.8) is 0 Å². The molecule has 0 saturated carbocycles. The molecule has 16 heavy (non-hydrogen) atoms. The van der Waals surface area contributed by atoms with E-state index in [9.17, 15) is 0 Å². The first kappa shape index (κ1) is 11.1. The van der Waals surface area contributed by atoms with Gasteiger partial charge in [-0.25, -0.2) is 4.98 Å². The second-order valence-electron chi connectivity index (χ2n) is 4.06. The average molecular weight is 219 g/mol. The number of rotatable bonds is 4. The number of nitrogens with one attached hydrogen (secondary N) is 1. The molecule has 0 saturated heterocycles. The van der Waals surface area contributed by atoms with Crippen LogP contribution in [0.2, 0.25) is 0 Å². The summed E-state index contributed by atoms with van der Waals surface area (Å²) in [6.45, 7) is 2.78. The Bertz CT molecular complexity index is 466. The Kier molecular flexibility index (Phi) is 3.22. The third-order valence-electron chi connectivity index (χ3n) is 2.97. The van der Waals surface area contributed by atoms with Gasteiger partial charge in [0.2, 0.25) is 0 Å². The standard InChI is InChI=1S/C12H17N3O/c1-8(6-13)12(14-2)9-3-4-10-11(5-9)16-7-15-10/h3-5,7-8,12,14H,6,13H2,1-2H3. The Balaban J connectivity index is 2.36. The molecule has 0 aliphatic rings. The van der Waals surface area contributed by atoms with Crippen LogP contribution >= 0.6 is 0 Å². The molecule has 2 atom stereocenters. The highest BCUT2D eigenvalue weighted by molar-refractivity contribution is 5.72. The number of nitrogens with two attached hydrogens (primary N) is 1. The van der Waals surface area contributed by atoms with Crippen LogP contribution in [0.15, 0.2) is 29.0 Å². The zero-order valence-electron chi connectivity index (χ0n) is 9.60. The van der Waals surface area contributed by atoms with Crippen LogP contribution in [0, 0.1) is 5.92 Å². The molecule has 2 unspecified atom stereocenters. The molecule has 4 nitrogen and oxygen atoms in total. The summed E-state index contributed by atoms with van der Waals surface area (Å²) >= 11 is 0. The third kappa shape index (κ3) is 1.94. The number of hydrogen-bond donors (Lipinski definition) is 2. The minimum Gasteiger partial charge on any atom is -0.443 e. The summed E-state index contributed by atoms with van der Waals surface area (Å²) in [5.41, 5.74) is 8.60. The summed E-state index contributed by atoms with van der Waals surface area (Å²) in [5, 5.41) is 3.28. The summed E-state index contributed by atoms with van der Waals surface area (Å²) in [7, 11) is 1.95. The molecule has 1 aromatic heterocycles. The lowest BCUT2D eigenvalue weighted by Crippen LogP contribution is -2.28. The van der Waals surface area contributed by atoms with Gasteiger partial charge in [-0.2, -0.15) is 0 Å². The molecular weight excluding hydrogens is 202 g/mol. The summed E-state index contributed by atoms with van der Waals surface area (Å²) in [5.74, 6) is 0.380. The maximum Gasteiger partial charge on any atom is 0.181 e. The molecule has 0 radical (unpaired) electrons. The lowest BCUT2D eigenvalue weighted by Gasteiger charge is -2.22. The van der Waals surface area contributed by atoms with E-state index in [4.69, 9.17) is 10.2 Å². The van der Waals surface area contributed by atoms with Gasteiger partial charge in [-0.3, -0.25) is 0 Å². The lowest BCUT2D eigenvalue weighted by atomic mass is 9.94. The van der Waals surface area contributed by atoms with E-state index in [0.29, 0.717) is 12.5 Å². The quantitative estimate of drug-likeness (QED) is 0.821. The van der Waals surface area contributed by atoms with Gasteiger partial charge in [-0.05, 0) is 37.2 Å². The van der Waals surface area contributed by atoms with E-state index in [-0.39, 0.29) is 6.04 Å². The number of nitrogens with zero attached hydrogens (tertiary/aromatic N) is 1. The Morgan fingerprint density at radius 2 is 2.31 bits per heavy atom. The zero-order valence-corrected chi connectivity index (χ0v) is 9.60. The third-order valence-corrected chi connectivity index (χ3v) is 2.97. The molecule has 0 bridgehead atoms. The lowest BCUT2D eigenvalue weighted by molar-refractivity contribution is 0.419. The fourth-order valence-electron chi connectivity index (χ4n) is 1.98. The van der Waals surface area contributed by atoms with Crippen LogP contribution in [-0.2, 0) is 0 Å². The highest BCUT2D eigenvalue weighted by atomic mass is 16.3. The minimum atomic E-state index is 0.250. The molecule has 0 amide bonds. The van der Waals surface area contributed by atoms with Crippen molar-refractivity contribution in [2.45, 2.75) is 13.0 Å². The highest BCUT2D eigenvalue weighted by Crippen LogP contribution is 2.24. The smallest absolute Gasteiger partial charge is 0.181 e. The van der Waals surface area contributed by atoms with Gasteiger partial charge in [0.1, 0.15) is 5.52 Å². The average Bonchev–Trinajstić information content (AvgIpc) is 2.77. The van der Waals surface area contributed by atoms with Crippen LogP contribution in [0.3, 0.4) is 0 Å². The van der Waals surface area contributed by atoms with Gasteiger partial charge in [-0.15, -0.1) is 0 Å². The van der Waals surface area contributed by atoms with Gasteiger partial charge in [0, 0.05) is 6.04 Å². The van der Waals surface area contributed by atoms with E-state index >= 15 is 0 Å². The van der Waals surface area contributed by atoms with Crippen molar-refractivity contribution in [3.8, 4) is 0 Å². The Labute approximate surface area is 94.8 Å². The van der Waals surface area contributed by atoms with E-state index in [1.807, 2.05) is 19.2 Å². The topological polar surface area (TPSA) is 64.1 Å². The highest BCUT2D eigenvalue weighted by Gasteiger charge is 2.16. The largest absolute Gasteiger partial charge is 0.443 e. The van der Waals surface area contributed by atoms with Crippen LogP contribution in [0.4, 0.5) is 0 Å². The van der Waals surface area contributed by atoms with Crippen LogP contribution in [-0.4, -0.2) is 18.6 Å². The second kappa shape index (κ2) is 4.63. The number of benzene rings is 1. The first-order valence-corrected chi connectivity index (χ1v) is 5.46. The molecular formula is C12H17N3O. The van der Waals surface area contributed by atoms with Crippen LogP contribution in [0.1, 0.15) is 18.5 Å². The number of fused-ring (bicyclic) bond motifs is 1. The second-order valence-corrected chi connectivity index (χ2v) is 4.06. The molecule has 2 aromatic rings. The van der Waals surface area contributed by atoms with Gasteiger partial charge in [-0.1, -0.05) is 13.0 Å². The molecule has 1 heterocycles. The molecule has 0 spiro atoms. The fraction of sp³-hybridized carbons (Fsp3) is 0.417. The maximum absolute atomic E-state index is 5.70. The molecule has 1 aromatic carbocycles. The fourth-order valence-corrected chi connectivity index (χ4v) is 1.98. The summed E-state index contributed by atoms with van der Waals surface area (Å²) in [6, 6.07) is 6.31. The van der Waals surface area contributed by atoms with Gasteiger partial charge >= 0.3 is 0 Å². The van der Waals surface area contributed by atoms with Crippen molar-refractivity contribution in [1.29, 1.82) is 0 Å². The van der Waals surface area contributed by atoms with E-state index < -0.39 is 0 Å². The van der Waals surface area contributed by atoms with Crippen molar-refractivity contribution in [2.24, 2.45) is 11.7 Å². The summed E-state index contributed by atoms with van der Waals surface area (Å²) in [6.07, 6.45) is 1.47. The van der Waals surface area contributed by atoms with Crippen molar-refractivity contribution in [2.75, 3.05) is 13.6 Å². The SMILES string of the molecule is CNC(c1ccc2ncoc2c1)C(C)CN. The monoisotopic (exact) mass is 219 g/mol. The minimum absolute atomic E-state index is 0.250. The van der Waals surface area contributed by atoms with Crippen molar-refractivity contribution < 1.29 is 4.42 Å². The van der Waals surface area contributed by atoms with Gasteiger partial charge in [0.15, 0.2) is 12.0 Å². The van der Waals surface area contributed by atoms with E-state index in [1.54, 1.807) is 0 Å².